The molecule has 0 heterocycles. The minimum Gasteiger partial charge on any atom is -0.389 e. The van der Waals surface area contributed by atoms with E-state index >= 15 is 0 Å². The Morgan fingerprint density at radius 2 is 1.84 bits per heavy atom. The molecule has 0 aromatic heterocycles. The summed E-state index contributed by atoms with van der Waals surface area (Å²) in [6.07, 6.45) is 10.2. The molecular formula is C23H35FO. The van der Waals surface area contributed by atoms with Crippen LogP contribution in [0.4, 0.5) is 4.39 Å². The molecule has 0 radical (unpaired) electrons. The van der Waals surface area contributed by atoms with E-state index in [0.29, 0.717) is 17.8 Å². The summed E-state index contributed by atoms with van der Waals surface area (Å²) in [6.45, 7) is 13.1. The fourth-order valence-corrected chi connectivity index (χ4v) is 4.66. The highest BCUT2D eigenvalue weighted by Gasteiger charge is 2.39. The summed E-state index contributed by atoms with van der Waals surface area (Å²) in [6, 6.07) is 0. The largest absolute Gasteiger partial charge is 0.389 e. The van der Waals surface area contributed by atoms with E-state index in [2.05, 4.69) is 40.7 Å². The Kier molecular flexibility index (Phi) is 6.85. The summed E-state index contributed by atoms with van der Waals surface area (Å²) >= 11 is 0. The molecule has 0 aromatic carbocycles. The molecule has 140 valence electrons. The fraction of sp³-hybridized carbons (Fsp3) is 0.652. The van der Waals surface area contributed by atoms with Gasteiger partial charge >= 0.3 is 0 Å². The Morgan fingerprint density at radius 1 is 1.16 bits per heavy atom. The van der Waals surface area contributed by atoms with Crippen molar-refractivity contribution < 1.29 is 9.50 Å². The van der Waals surface area contributed by atoms with Crippen LogP contribution in [-0.4, -0.2) is 11.2 Å². The predicted octanol–water partition coefficient (Wildman–Crippen LogP) is 6.38. The quantitative estimate of drug-likeness (QED) is 0.592. The summed E-state index contributed by atoms with van der Waals surface area (Å²) in [5.74, 6) is 1.69. The molecule has 2 aliphatic rings. The molecule has 1 nitrogen and oxygen atoms in total. The van der Waals surface area contributed by atoms with Crippen molar-refractivity contribution in [1.82, 2.24) is 0 Å². The molecule has 0 aliphatic heterocycles. The van der Waals surface area contributed by atoms with Gasteiger partial charge in [-0.1, -0.05) is 58.8 Å². The summed E-state index contributed by atoms with van der Waals surface area (Å²) in [7, 11) is 0. The molecule has 4 atom stereocenters. The van der Waals surface area contributed by atoms with E-state index in [1.807, 2.05) is 13.0 Å². The van der Waals surface area contributed by atoms with Crippen LogP contribution in [-0.2, 0) is 0 Å². The Labute approximate surface area is 153 Å². The molecule has 4 unspecified atom stereocenters. The van der Waals surface area contributed by atoms with Gasteiger partial charge in [-0.05, 0) is 72.7 Å². The first-order valence-electron chi connectivity index (χ1n) is 9.95. The number of aliphatic hydroxyl groups excluding tert-OH is 1. The van der Waals surface area contributed by atoms with E-state index in [1.165, 1.54) is 16.7 Å². The summed E-state index contributed by atoms with van der Waals surface area (Å²) < 4.78 is 13.5. The average molecular weight is 347 g/mol. The third-order valence-electron chi connectivity index (χ3n) is 5.76. The van der Waals surface area contributed by atoms with E-state index in [1.54, 1.807) is 12.2 Å². The second-order valence-corrected chi connectivity index (χ2v) is 8.31. The van der Waals surface area contributed by atoms with Crippen molar-refractivity contribution in [2.75, 3.05) is 0 Å². The third kappa shape index (κ3) is 4.34. The molecule has 2 aliphatic carbocycles. The van der Waals surface area contributed by atoms with Crippen molar-refractivity contribution in [3.05, 3.63) is 46.9 Å². The molecule has 0 amide bonds. The molecule has 0 saturated heterocycles. The van der Waals surface area contributed by atoms with Crippen molar-refractivity contribution in [3.8, 4) is 0 Å². The molecule has 0 fully saturated rings. The number of hydrogen-bond donors (Lipinski definition) is 1. The molecule has 0 spiro atoms. The highest BCUT2D eigenvalue weighted by molar-refractivity contribution is 5.42. The van der Waals surface area contributed by atoms with Gasteiger partial charge in [-0.2, -0.15) is 0 Å². The summed E-state index contributed by atoms with van der Waals surface area (Å²) in [4.78, 5) is 0. The molecule has 2 heteroatoms. The number of hydrogen-bond acceptors (Lipinski definition) is 1. The van der Waals surface area contributed by atoms with Gasteiger partial charge in [0.15, 0.2) is 0 Å². The standard InChI is InChI=1S/C23H35FO/c1-7-8-19-20(14(2)3)13-21(15(4)5)22(16(6)25)23(19)17-9-11-18(24)12-10-17/h9,11-17,19,23,25H,7-8,10H2,1-6H3. The third-order valence-corrected chi connectivity index (χ3v) is 5.76. The smallest absolute Gasteiger partial charge is 0.118 e. The fourth-order valence-electron chi connectivity index (χ4n) is 4.66. The SMILES string of the molecule is CCCC1C(C(C)C)=CC(C(C)C)=C(C(C)O)C1C1C=CC(F)=CC1. The van der Waals surface area contributed by atoms with Crippen LogP contribution in [0, 0.1) is 29.6 Å². The normalized spacial score (nSPS) is 28.5. The molecular weight excluding hydrogens is 311 g/mol. The lowest BCUT2D eigenvalue weighted by molar-refractivity contribution is 0.181. The van der Waals surface area contributed by atoms with Gasteiger partial charge in [-0.25, -0.2) is 4.39 Å². The molecule has 25 heavy (non-hydrogen) atoms. The summed E-state index contributed by atoms with van der Waals surface area (Å²) in [5, 5.41) is 10.7. The van der Waals surface area contributed by atoms with Crippen LogP contribution in [0.5, 0.6) is 0 Å². The van der Waals surface area contributed by atoms with Crippen LogP contribution in [0.1, 0.15) is 60.8 Å². The van der Waals surface area contributed by atoms with Crippen LogP contribution >= 0.6 is 0 Å². The Balaban J connectivity index is 2.59. The van der Waals surface area contributed by atoms with Gasteiger partial charge in [-0.3, -0.25) is 0 Å². The zero-order chi connectivity index (χ0) is 18.7. The first-order chi connectivity index (χ1) is 11.8. The van der Waals surface area contributed by atoms with Gasteiger partial charge in [-0.15, -0.1) is 0 Å². The lowest BCUT2D eigenvalue weighted by atomic mass is 9.62. The van der Waals surface area contributed by atoms with Crippen LogP contribution in [0.3, 0.4) is 0 Å². The Bertz CT molecular complexity index is 589. The van der Waals surface area contributed by atoms with Crippen molar-refractivity contribution in [2.45, 2.75) is 66.9 Å². The van der Waals surface area contributed by atoms with Gasteiger partial charge in [0.1, 0.15) is 5.83 Å². The molecule has 2 rings (SSSR count). The van der Waals surface area contributed by atoms with Crippen LogP contribution in [0.2, 0.25) is 0 Å². The number of halogens is 1. The van der Waals surface area contributed by atoms with Gasteiger partial charge in [0, 0.05) is 0 Å². The highest BCUT2D eigenvalue weighted by Crippen LogP contribution is 2.48. The maximum Gasteiger partial charge on any atom is 0.118 e. The van der Waals surface area contributed by atoms with Crippen LogP contribution < -0.4 is 0 Å². The minimum absolute atomic E-state index is 0.134. The number of aliphatic hydroxyl groups is 1. The molecule has 0 aromatic rings. The average Bonchev–Trinajstić information content (AvgIpc) is 2.54. The van der Waals surface area contributed by atoms with Crippen molar-refractivity contribution in [1.29, 1.82) is 0 Å². The first kappa shape index (κ1) is 20.2. The second-order valence-electron chi connectivity index (χ2n) is 8.31. The van der Waals surface area contributed by atoms with Gasteiger partial charge in [0.25, 0.3) is 0 Å². The van der Waals surface area contributed by atoms with E-state index in [0.717, 1.165) is 19.3 Å². The lowest BCUT2D eigenvalue weighted by Crippen LogP contribution is -2.35. The maximum atomic E-state index is 13.5. The second kappa shape index (κ2) is 8.49. The Morgan fingerprint density at radius 3 is 2.28 bits per heavy atom. The van der Waals surface area contributed by atoms with Crippen LogP contribution in [0.15, 0.2) is 46.9 Å². The monoisotopic (exact) mass is 346 g/mol. The van der Waals surface area contributed by atoms with E-state index in [4.69, 9.17) is 0 Å². The van der Waals surface area contributed by atoms with Crippen molar-refractivity contribution in [2.24, 2.45) is 29.6 Å². The number of allylic oxidation sites excluding steroid dienone is 7. The highest BCUT2D eigenvalue weighted by atomic mass is 19.1. The first-order valence-corrected chi connectivity index (χ1v) is 9.95. The van der Waals surface area contributed by atoms with Gasteiger partial charge in [0.05, 0.1) is 6.10 Å². The van der Waals surface area contributed by atoms with Crippen molar-refractivity contribution in [3.63, 3.8) is 0 Å². The zero-order valence-corrected chi connectivity index (χ0v) is 16.7. The van der Waals surface area contributed by atoms with E-state index < -0.39 is 6.10 Å². The zero-order valence-electron chi connectivity index (χ0n) is 16.7. The molecule has 0 bridgehead atoms. The van der Waals surface area contributed by atoms with E-state index in [-0.39, 0.29) is 17.7 Å². The van der Waals surface area contributed by atoms with Gasteiger partial charge in [0.2, 0.25) is 0 Å². The Hall–Kier alpha value is -1.15. The predicted molar refractivity (Wildman–Crippen MR) is 105 cm³/mol. The van der Waals surface area contributed by atoms with Gasteiger partial charge < -0.3 is 5.11 Å². The molecule has 1 N–H and O–H groups in total. The van der Waals surface area contributed by atoms with Crippen LogP contribution in [0.25, 0.3) is 0 Å². The van der Waals surface area contributed by atoms with Crippen molar-refractivity contribution >= 4 is 0 Å². The lowest BCUT2D eigenvalue weighted by Gasteiger charge is -2.43. The van der Waals surface area contributed by atoms with E-state index in [9.17, 15) is 9.50 Å². The maximum absolute atomic E-state index is 13.5. The minimum atomic E-state index is -0.462. The summed E-state index contributed by atoms with van der Waals surface area (Å²) in [5.41, 5.74) is 3.98. The number of rotatable bonds is 6. The molecule has 0 saturated carbocycles. The topological polar surface area (TPSA) is 20.2 Å².